The van der Waals surface area contributed by atoms with Gasteiger partial charge in [-0.15, -0.1) is 0 Å². The zero-order valence-electron chi connectivity index (χ0n) is 12.9. The van der Waals surface area contributed by atoms with Crippen molar-refractivity contribution in [1.29, 1.82) is 0 Å². The number of pyridine rings is 1. The van der Waals surface area contributed by atoms with Crippen LogP contribution in [0.5, 0.6) is 0 Å². The van der Waals surface area contributed by atoms with Crippen LogP contribution >= 0.6 is 11.6 Å². The van der Waals surface area contributed by atoms with Gasteiger partial charge in [-0.1, -0.05) is 11.6 Å². The van der Waals surface area contributed by atoms with Gasteiger partial charge < -0.3 is 5.11 Å². The average Bonchev–Trinajstić information content (AvgIpc) is 2.91. The molecule has 1 aromatic carbocycles. The average molecular weight is 409 g/mol. The molecule has 0 bridgehead atoms. The van der Waals surface area contributed by atoms with E-state index in [1.54, 1.807) is 0 Å². The van der Waals surface area contributed by atoms with Crippen LogP contribution in [-0.4, -0.2) is 20.8 Å². The Kier molecular flexibility index (Phi) is 4.34. The molecule has 0 saturated heterocycles. The van der Waals surface area contributed by atoms with Crippen LogP contribution in [0.15, 0.2) is 36.5 Å². The Morgan fingerprint density at radius 1 is 1.04 bits per heavy atom. The lowest BCUT2D eigenvalue weighted by Crippen LogP contribution is -2.14. The number of fused-ring (bicyclic) bond motifs is 1. The molecule has 0 radical (unpaired) electrons. The predicted molar refractivity (Wildman–Crippen MR) is 83.6 cm³/mol. The lowest BCUT2D eigenvalue weighted by atomic mass is 10.00. The van der Waals surface area contributed by atoms with Crippen molar-refractivity contribution < 1.29 is 36.2 Å². The van der Waals surface area contributed by atoms with Crippen molar-refractivity contribution in [3.05, 3.63) is 52.8 Å². The summed E-state index contributed by atoms with van der Waals surface area (Å²) in [5.41, 5.74) is -4.36. The van der Waals surface area contributed by atoms with Gasteiger partial charge in [0, 0.05) is 23.2 Å². The predicted octanol–water partition coefficient (Wildman–Crippen LogP) is 5.92. The fourth-order valence-electron chi connectivity index (χ4n) is 2.66. The molecule has 4 nitrogen and oxygen atoms in total. The zero-order valence-corrected chi connectivity index (χ0v) is 13.6. The molecule has 0 unspecified atom stereocenters. The Morgan fingerprint density at radius 2 is 1.70 bits per heavy atom. The highest BCUT2D eigenvalue weighted by atomic mass is 35.5. The van der Waals surface area contributed by atoms with Gasteiger partial charge in [0.15, 0.2) is 0 Å². The maximum absolute atomic E-state index is 13.3. The maximum Gasteiger partial charge on any atom is 0.417 e. The van der Waals surface area contributed by atoms with Crippen LogP contribution in [0.25, 0.3) is 22.2 Å². The normalized spacial score (nSPS) is 12.6. The fourth-order valence-corrected chi connectivity index (χ4v) is 2.81. The first-order chi connectivity index (χ1) is 12.4. The number of carbonyl (C=O) groups is 1. The Labute approximate surface area is 151 Å². The molecule has 0 spiro atoms. The number of alkyl halides is 6. The summed E-state index contributed by atoms with van der Waals surface area (Å²) in [6.07, 6.45) is -10.5. The lowest BCUT2D eigenvalue weighted by Gasteiger charge is -2.16. The molecule has 3 aromatic rings. The molecule has 27 heavy (non-hydrogen) atoms. The number of rotatable bonds is 1. The van der Waals surface area contributed by atoms with Gasteiger partial charge in [-0.25, -0.2) is 14.3 Å². The Hall–Kier alpha value is -2.75. The highest BCUT2D eigenvalue weighted by Crippen LogP contribution is 2.42. The van der Waals surface area contributed by atoms with E-state index in [0.717, 1.165) is 18.3 Å². The number of hydrogen-bond donors (Lipinski definition) is 1. The van der Waals surface area contributed by atoms with E-state index in [1.807, 2.05) is 0 Å². The molecular weight excluding hydrogens is 402 g/mol. The molecule has 3 rings (SSSR count). The number of nitrogens with zero attached hydrogens (tertiary/aromatic N) is 2. The standard InChI is InChI=1S/C16H7ClF6N2O2/c17-13-5-11-7(6-24-13)3-12(25(11)14(26)27)9-4-8(15(18,19)20)1-2-10(9)16(21,22)23/h1-6H,(H,26,27). The Balaban J connectivity index is 2.42. The molecule has 1 N–H and O–H groups in total. The van der Waals surface area contributed by atoms with Crippen LogP contribution in [0.4, 0.5) is 31.1 Å². The SMILES string of the molecule is O=C(O)n1c(-c2cc(C(F)(F)F)ccc2C(F)(F)F)cc2cnc(Cl)cc21. The summed E-state index contributed by atoms with van der Waals surface area (Å²) in [7, 11) is 0. The maximum atomic E-state index is 13.3. The summed E-state index contributed by atoms with van der Waals surface area (Å²) < 4.78 is 79.5. The summed E-state index contributed by atoms with van der Waals surface area (Å²) in [5.74, 6) is 0. The van der Waals surface area contributed by atoms with Crippen molar-refractivity contribution >= 4 is 28.6 Å². The summed E-state index contributed by atoms with van der Waals surface area (Å²) in [5, 5.41) is 9.39. The van der Waals surface area contributed by atoms with Crippen molar-refractivity contribution in [1.82, 2.24) is 9.55 Å². The minimum atomic E-state index is -5.00. The Morgan fingerprint density at radius 3 is 2.26 bits per heavy atom. The molecule has 0 fully saturated rings. The monoisotopic (exact) mass is 408 g/mol. The first-order valence-electron chi connectivity index (χ1n) is 7.08. The van der Waals surface area contributed by atoms with Crippen LogP contribution < -0.4 is 0 Å². The van der Waals surface area contributed by atoms with Gasteiger partial charge in [-0.05, 0) is 24.3 Å². The van der Waals surface area contributed by atoms with Crippen LogP contribution in [0.2, 0.25) is 5.15 Å². The molecule has 142 valence electrons. The van der Waals surface area contributed by atoms with E-state index < -0.39 is 40.8 Å². The fraction of sp³-hybridized carbons (Fsp3) is 0.125. The van der Waals surface area contributed by atoms with Crippen molar-refractivity contribution in [2.45, 2.75) is 12.4 Å². The third-order valence-corrected chi connectivity index (χ3v) is 3.98. The molecular formula is C16H7ClF6N2O2. The van der Waals surface area contributed by atoms with E-state index in [9.17, 15) is 36.2 Å². The molecule has 11 heteroatoms. The number of hydrogen-bond acceptors (Lipinski definition) is 2. The van der Waals surface area contributed by atoms with Crippen LogP contribution in [0.1, 0.15) is 11.1 Å². The van der Waals surface area contributed by atoms with Gasteiger partial charge >= 0.3 is 18.4 Å². The van der Waals surface area contributed by atoms with Gasteiger partial charge in [0.05, 0.1) is 22.3 Å². The summed E-state index contributed by atoms with van der Waals surface area (Å²) in [6.45, 7) is 0. The molecule has 0 atom stereocenters. The molecule has 2 aromatic heterocycles. The number of benzene rings is 1. The minimum Gasteiger partial charge on any atom is -0.464 e. The van der Waals surface area contributed by atoms with Gasteiger partial charge in [-0.3, -0.25) is 0 Å². The van der Waals surface area contributed by atoms with E-state index in [-0.39, 0.29) is 28.2 Å². The second kappa shape index (κ2) is 6.15. The van der Waals surface area contributed by atoms with Crippen LogP contribution in [0.3, 0.4) is 0 Å². The van der Waals surface area contributed by atoms with Gasteiger partial charge in [0.1, 0.15) is 5.15 Å². The van der Waals surface area contributed by atoms with Crippen molar-refractivity contribution in [3.63, 3.8) is 0 Å². The molecule has 0 amide bonds. The first kappa shape index (κ1) is 19.0. The molecule has 0 aliphatic carbocycles. The van der Waals surface area contributed by atoms with E-state index in [2.05, 4.69) is 4.98 Å². The highest BCUT2D eigenvalue weighted by Gasteiger charge is 2.38. The van der Waals surface area contributed by atoms with E-state index in [4.69, 9.17) is 11.6 Å². The second-order valence-corrected chi connectivity index (χ2v) is 5.86. The van der Waals surface area contributed by atoms with Crippen molar-refractivity contribution in [3.8, 4) is 11.3 Å². The third kappa shape index (κ3) is 3.44. The third-order valence-electron chi connectivity index (χ3n) is 3.77. The van der Waals surface area contributed by atoms with Gasteiger partial charge in [0.25, 0.3) is 0 Å². The summed E-state index contributed by atoms with van der Waals surface area (Å²) in [4.78, 5) is 15.3. The number of carboxylic acid groups (broad SMARTS) is 1. The summed E-state index contributed by atoms with van der Waals surface area (Å²) in [6, 6.07) is 2.93. The molecule has 0 saturated carbocycles. The molecule has 0 aliphatic rings. The van der Waals surface area contributed by atoms with Crippen LogP contribution in [0, 0.1) is 0 Å². The number of halogens is 7. The van der Waals surface area contributed by atoms with Gasteiger partial charge in [0.2, 0.25) is 0 Å². The lowest BCUT2D eigenvalue weighted by molar-refractivity contribution is -0.141. The minimum absolute atomic E-state index is 0.0994. The molecule has 2 heterocycles. The second-order valence-electron chi connectivity index (χ2n) is 5.47. The number of aromatic nitrogens is 2. The van der Waals surface area contributed by atoms with Crippen molar-refractivity contribution in [2.75, 3.05) is 0 Å². The first-order valence-corrected chi connectivity index (χ1v) is 7.46. The van der Waals surface area contributed by atoms with Gasteiger partial charge in [-0.2, -0.15) is 26.3 Å². The van der Waals surface area contributed by atoms with E-state index in [0.29, 0.717) is 10.6 Å². The van der Waals surface area contributed by atoms with E-state index in [1.165, 1.54) is 0 Å². The Bertz CT molecular complexity index is 1060. The smallest absolute Gasteiger partial charge is 0.417 e. The summed E-state index contributed by atoms with van der Waals surface area (Å²) >= 11 is 5.69. The quantitative estimate of drug-likeness (QED) is 0.401. The highest BCUT2D eigenvalue weighted by molar-refractivity contribution is 6.30. The van der Waals surface area contributed by atoms with Crippen molar-refractivity contribution in [2.24, 2.45) is 0 Å². The van der Waals surface area contributed by atoms with E-state index >= 15 is 0 Å². The van der Waals surface area contributed by atoms with Crippen LogP contribution in [-0.2, 0) is 12.4 Å². The topological polar surface area (TPSA) is 55.1 Å². The largest absolute Gasteiger partial charge is 0.464 e. The molecule has 0 aliphatic heterocycles. The zero-order chi connectivity index (χ0) is 20.1.